The fraction of sp³-hybridized carbons (Fsp3) is 0.435. The summed E-state index contributed by atoms with van der Waals surface area (Å²) in [7, 11) is 3.28. The molecular weight excluding hydrogens is 384 g/mol. The molecule has 0 aliphatic carbocycles. The minimum atomic E-state index is -0.289. The Morgan fingerprint density at radius 3 is 2.07 bits per heavy atom. The van der Waals surface area contributed by atoms with Crippen LogP contribution in [0, 0.1) is 0 Å². The first kappa shape index (κ1) is 20.3. The highest BCUT2D eigenvalue weighted by atomic mass is 16.6. The van der Waals surface area contributed by atoms with E-state index in [1.165, 1.54) is 0 Å². The van der Waals surface area contributed by atoms with E-state index in [9.17, 15) is 4.79 Å². The number of nitrogens with zero attached hydrogens (tertiary/aromatic N) is 2. The zero-order valence-corrected chi connectivity index (χ0v) is 17.5. The first-order chi connectivity index (χ1) is 14.6. The van der Waals surface area contributed by atoms with Crippen LogP contribution in [0.5, 0.6) is 17.2 Å². The summed E-state index contributed by atoms with van der Waals surface area (Å²) in [5.74, 6) is 2.46. The van der Waals surface area contributed by atoms with Crippen molar-refractivity contribution in [3.05, 3.63) is 48.5 Å². The minimum absolute atomic E-state index is 0.126. The third kappa shape index (κ3) is 4.79. The van der Waals surface area contributed by atoms with E-state index < -0.39 is 0 Å². The number of methoxy groups -OCH3 is 2. The molecule has 2 aromatic rings. The zero-order chi connectivity index (χ0) is 20.9. The van der Waals surface area contributed by atoms with Crippen LogP contribution in [0.3, 0.4) is 0 Å². The summed E-state index contributed by atoms with van der Waals surface area (Å²) in [5.41, 5.74) is 0.829. The van der Waals surface area contributed by atoms with Gasteiger partial charge in [0.05, 0.1) is 20.8 Å². The van der Waals surface area contributed by atoms with E-state index in [4.69, 9.17) is 18.9 Å². The molecule has 7 nitrogen and oxygen atoms in total. The van der Waals surface area contributed by atoms with Gasteiger partial charge in [0.15, 0.2) is 0 Å². The maximum absolute atomic E-state index is 12.3. The van der Waals surface area contributed by atoms with Gasteiger partial charge in [0.2, 0.25) is 0 Å². The number of hydrogen-bond donors (Lipinski definition) is 0. The van der Waals surface area contributed by atoms with Crippen LogP contribution >= 0.6 is 0 Å². The van der Waals surface area contributed by atoms with E-state index in [0.29, 0.717) is 6.54 Å². The van der Waals surface area contributed by atoms with E-state index in [2.05, 4.69) is 4.90 Å². The zero-order valence-electron chi connectivity index (χ0n) is 17.5. The molecule has 0 saturated carbocycles. The second kappa shape index (κ2) is 9.26. The lowest BCUT2D eigenvalue weighted by atomic mass is 10.1. The molecule has 0 bridgehead atoms. The van der Waals surface area contributed by atoms with Gasteiger partial charge >= 0.3 is 6.09 Å². The highest BCUT2D eigenvalue weighted by Gasteiger charge is 2.34. The summed E-state index contributed by atoms with van der Waals surface area (Å²) >= 11 is 0. The quantitative estimate of drug-likeness (QED) is 0.693. The number of ether oxygens (including phenoxy) is 4. The molecule has 1 atom stereocenters. The molecule has 2 aliphatic rings. The molecule has 0 N–H and O–H groups in total. The van der Waals surface area contributed by atoms with Gasteiger partial charge < -0.3 is 18.9 Å². The van der Waals surface area contributed by atoms with Gasteiger partial charge in [-0.2, -0.15) is 0 Å². The Morgan fingerprint density at radius 2 is 1.47 bits per heavy atom. The molecule has 2 fully saturated rings. The van der Waals surface area contributed by atoms with Gasteiger partial charge in [0, 0.05) is 25.3 Å². The van der Waals surface area contributed by atoms with Gasteiger partial charge in [0.1, 0.15) is 29.5 Å². The van der Waals surface area contributed by atoms with E-state index in [0.717, 1.165) is 55.4 Å². The topological polar surface area (TPSA) is 60.5 Å². The smallest absolute Gasteiger partial charge is 0.414 e. The van der Waals surface area contributed by atoms with Crippen LogP contribution in [0.4, 0.5) is 10.5 Å². The largest absolute Gasteiger partial charge is 0.497 e. The molecule has 30 heavy (non-hydrogen) atoms. The van der Waals surface area contributed by atoms with Crippen molar-refractivity contribution in [1.29, 1.82) is 0 Å². The van der Waals surface area contributed by atoms with E-state index >= 15 is 0 Å². The van der Waals surface area contributed by atoms with Crippen LogP contribution in [0.25, 0.3) is 0 Å². The number of hydrogen-bond acceptors (Lipinski definition) is 6. The van der Waals surface area contributed by atoms with Gasteiger partial charge in [-0.05, 0) is 61.4 Å². The molecule has 160 valence electrons. The molecule has 2 aromatic carbocycles. The van der Waals surface area contributed by atoms with E-state index in [1.807, 2.05) is 48.5 Å². The standard InChI is InChI=1S/C23H28N2O5/c1-27-18-5-3-17(4-6-18)25-16-22(30-23(25)26)15-24-13-11-21(12-14-24)29-20-9-7-19(28-2)8-10-20/h3-10,21-22H,11-16H2,1-2H3. The summed E-state index contributed by atoms with van der Waals surface area (Å²) in [6.45, 7) is 3.16. The van der Waals surface area contributed by atoms with Crippen LogP contribution in [0.1, 0.15) is 12.8 Å². The normalized spacial score (nSPS) is 20.1. The maximum atomic E-state index is 12.3. The van der Waals surface area contributed by atoms with Crippen molar-refractivity contribution in [3.8, 4) is 17.2 Å². The second-order valence-electron chi connectivity index (χ2n) is 7.61. The van der Waals surface area contributed by atoms with Gasteiger partial charge in [-0.25, -0.2) is 4.79 Å². The number of carbonyl (C=O) groups excluding carboxylic acids is 1. The van der Waals surface area contributed by atoms with Crippen molar-refractivity contribution in [3.63, 3.8) is 0 Å². The third-order valence-electron chi connectivity index (χ3n) is 5.62. The molecule has 0 radical (unpaired) electrons. The van der Waals surface area contributed by atoms with Crippen molar-refractivity contribution < 1.29 is 23.7 Å². The number of amides is 1. The monoisotopic (exact) mass is 412 g/mol. The van der Waals surface area contributed by atoms with Gasteiger partial charge in [-0.1, -0.05) is 0 Å². The van der Waals surface area contributed by atoms with Crippen LogP contribution in [-0.2, 0) is 4.74 Å². The molecule has 2 aliphatic heterocycles. The lowest BCUT2D eigenvalue weighted by Gasteiger charge is -2.33. The minimum Gasteiger partial charge on any atom is -0.497 e. The van der Waals surface area contributed by atoms with E-state index in [1.54, 1.807) is 19.1 Å². The van der Waals surface area contributed by atoms with Gasteiger partial charge in [0.25, 0.3) is 0 Å². The lowest BCUT2D eigenvalue weighted by molar-refractivity contribution is 0.0655. The van der Waals surface area contributed by atoms with Crippen LogP contribution in [-0.4, -0.2) is 63.6 Å². The Hall–Kier alpha value is -2.93. The molecule has 0 spiro atoms. The fourth-order valence-electron chi connectivity index (χ4n) is 3.93. The Bertz CT molecular complexity index is 832. The molecule has 2 heterocycles. The number of rotatable bonds is 7. The molecule has 1 amide bonds. The number of benzene rings is 2. The second-order valence-corrected chi connectivity index (χ2v) is 7.61. The average Bonchev–Trinajstić information content (AvgIpc) is 3.15. The first-order valence-electron chi connectivity index (χ1n) is 10.3. The van der Waals surface area contributed by atoms with Crippen LogP contribution in [0.15, 0.2) is 48.5 Å². The first-order valence-corrected chi connectivity index (χ1v) is 10.3. The van der Waals surface area contributed by atoms with Crippen LogP contribution in [0.2, 0.25) is 0 Å². The lowest BCUT2D eigenvalue weighted by Crippen LogP contribution is -2.42. The summed E-state index contributed by atoms with van der Waals surface area (Å²) in [6.07, 6.45) is 1.70. The number of likely N-dealkylation sites (tertiary alicyclic amines) is 1. The fourth-order valence-corrected chi connectivity index (χ4v) is 3.93. The highest BCUT2D eigenvalue weighted by Crippen LogP contribution is 2.26. The maximum Gasteiger partial charge on any atom is 0.414 e. The van der Waals surface area contributed by atoms with Crippen molar-refractivity contribution in [2.45, 2.75) is 25.0 Å². The van der Waals surface area contributed by atoms with Crippen molar-refractivity contribution in [2.24, 2.45) is 0 Å². The third-order valence-corrected chi connectivity index (χ3v) is 5.62. The summed E-state index contributed by atoms with van der Waals surface area (Å²) < 4.78 is 22.1. The molecule has 2 saturated heterocycles. The Balaban J connectivity index is 1.24. The molecule has 4 rings (SSSR count). The highest BCUT2D eigenvalue weighted by molar-refractivity contribution is 5.89. The van der Waals surface area contributed by atoms with Gasteiger partial charge in [-0.3, -0.25) is 9.80 Å². The van der Waals surface area contributed by atoms with Crippen molar-refractivity contribution >= 4 is 11.8 Å². The SMILES string of the molecule is COc1ccc(OC2CCN(CC3CN(c4ccc(OC)cc4)C(=O)O3)CC2)cc1. The van der Waals surface area contributed by atoms with Gasteiger partial charge in [-0.15, -0.1) is 0 Å². The number of piperidine rings is 1. The summed E-state index contributed by atoms with van der Waals surface area (Å²) in [4.78, 5) is 16.3. The number of carbonyl (C=O) groups is 1. The summed E-state index contributed by atoms with van der Waals surface area (Å²) in [6, 6.07) is 15.2. The van der Waals surface area contributed by atoms with Crippen LogP contribution < -0.4 is 19.1 Å². The molecule has 7 heteroatoms. The number of cyclic esters (lactones) is 1. The van der Waals surface area contributed by atoms with Crippen molar-refractivity contribution in [1.82, 2.24) is 4.90 Å². The predicted octanol–water partition coefficient (Wildman–Crippen LogP) is 3.57. The molecular formula is C23H28N2O5. The Kier molecular flexibility index (Phi) is 6.28. The Labute approximate surface area is 177 Å². The Morgan fingerprint density at radius 1 is 0.900 bits per heavy atom. The summed E-state index contributed by atoms with van der Waals surface area (Å²) in [5, 5.41) is 0. The average molecular weight is 412 g/mol. The molecule has 1 unspecified atom stereocenters. The van der Waals surface area contributed by atoms with Crippen molar-refractivity contribution in [2.75, 3.05) is 45.3 Å². The van der Waals surface area contributed by atoms with E-state index in [-0.39, 0.29) is 18.3 Å². The number of anilines is 1. The molecule has 0 aromatic heterocycles. The predicted molar refractivity (Wildman–Crippen MR) is 114 cm³/mol.